The van der Waals surface area contributed by atoms with Crippen molar-refractivity contribution in [2.75, 3.05) is 12.3 Å². The Bertz CT molecular complexity index is 1700. The molecular formula is C19H25N7O15P2. The normalized spacial score (nSPS) is 30.7. The lowest BCUT2D eigenvalue weighted by Crippen LogP contribution is -2.50. The molecule has 22 nitrogen and oxygen atoms in total. The number of aliphatic hydroxyl groups is 3. The zero-order valence-corrected chi connectivity index (χ0v) is 23.1. The number of rotatable bonds is 9. The molecular weight excluding hydrogens is 628 g/mol. The fourth-order valence-corrected chi connectivity index (χ4v) is 6.34. The van der Waals surface area contributed by atoms with E-state index >= 15 is 0 Å². The van der Waals surface area contributed by atoms with Crippen molar-refractivity contribution < 1.29 is 62.5 Å². The van der Waals surface area contributed by atoms with E-state index in [2.05, 4.69) is 15.0 Å². The Labute approximate surface area is 237 Å². The molecule has 2 aliphatic rings. The largest absolute Gasteiger partial charge is 0.470 e. The standard InChI is InChI=1S/C19H25N7O15P2/c20-15-9-16(22-4-21-15)26(5-23-9)17-10(29)8(6(3-27)38-17)12(40-42(32,33)34)14-13(41-43(35,36)37)11(30)18(39-14)25-2-1-7(28)24-19(25)31/h1-2,4-6,8,10-14,17-18,27,29-30H,3H2,(H2,20,21,22)(H,24,28,31)(H2,32,33,34)(H2,35,36,37). The fourth-order valence-electron chi connectivity index (χ4n) is 5.20. The van der Waals surface area contributed by atoms with Crippen LogP contribution in [0.2, 0.25) is 0 Å². The Morgan fingerprint density at radius 2 is 1.72 bits per heavy atom. The van der Waals surface area contributed by atoms with Crippen LogP contribution in [0.15, 0.2) is 34.5 Å². The molecule has 5 rings (SSSR count). The Morgan fingerprint density at radius 1 is 1.02 bits per heavy atom. The van der Waals surface area contributed by atoms with E-state index < -0.39 is 88.5 Å². The molecule has 0 aromatic carbocycles. The highest BCUT2D eigenvalue weighted by atomic mass is 31.2. The van der Waals surface area contributed by atoms with Crippen LogP contribution >= 0.6 is 15.6 Å². The number of hydrogen-bond donors (Lipinski definition) is 9. The molecule has 5 heterocycles. The van der Waals surface area contributed by atoms with Crippen molar-refractivity contribution in [1.29, 1.82) is 0 Å². The maximum atomic E-state index is 12.4. The van der Waals surface area contributed by atoms with E-state index in [4.69, 9.17) is 24.3 Å². The first-order valence-corrected chi connectivity index (χ1v) is 15.2. The van der Waals surface area contributed by atoms with Gasteiger partial charge in [-0.3, -0.25) is 28.0 Å². The van der Waals surface area contributed by atoms with Crippen molar-refractivity contribution in [3.63, 3.8) is 0 Å². The van der Waals surface area contributed by atoms with Crippen LogP contribution in [0.5, 0.6) is 0 Å². The third-order valence-corrected chi connectivity index (χ3v) is 7.90. The van der Waals surface area contributed by atoms with Crippen LogP contribution in [0.3, 0.4) is 0 Å². The van der Waals surface area contributed by atoms with Gasteiger partial charge in [-0.15, -0.1) is 0 Å². The topological polar surface area (TPSA) is 337 Å². The fraction of sp³-hybridized carbons (Fsp3) is 0.526. The van der Waals surface area contributed by atoms with E-state index in [9.17, 15) is 53.6 Å². The first-order chi connectivity index (χ1) is 20.1. The van der Waals surface area contributed by atoms with Crippen LogP contribution in [-0.2, 0) is 27.7 Å². The molecule has 0 radical (unpaired) electrons. The average molecular weight is 653 g/mol. The van der Waals surface area contributed by atoms with Gasteiger partial charge in [0.1, 0.15) is 42.4 Å². The van der Waals surface area contributed by atoms with Gasteiger partial charge in [-0.25, -0.2) is 28.9 Å². The molecule has 2 saturated heterocycles. The lowest BCUT2D eigenvalue weighted by Gasteiger charge is -2.34. The molecule has 9 unspecified atom stereocenters. The Balaban J connectivity index is 1.59. The van der Waals surface area contributed by atoms with E-state index in [0.717, 1.165) is 24.9 Å². The predicted molar refractivity (Wildman–Crippen MR) is 135 cm³/mol. The zero-order chi connectivity index (χ0) is 31.4. The molecule has 0 amide bonds. The summed E-state index contributed by atoms with van der Waals surface area (Å²) in [5, 5.41) is 32.5. The molecule has 43 heavy (non-hydrogen) atoms. The summed E-state index contributed by atoms with van der Waals surface area (Å²) >= 11 is 0. The van der Waals surface area contributed by atoms with Crippen LogP contribution in [0.1, 0.15) is 12.5 Å². The van der Waals surface area contributed by atoms with E-state index in [1.165, 1.54) is 4.57 Å². The summed E-state index contributed by atoms with van der Waals surface area (Å²) in [6.45, 7) is -0.898. The summed E-state index contributed by atoms with van der Waals surface area (Å²) in [7, 11) is -11.0. The molecule has 9 atom stereocenters. The van der Waals surface area contributed by atoms with Crippen molar-refractivity contribution >= 4 is 32.6 Å². The third kappa shape index (κ3) is 6.19. The SMILES string of the molecule is Nc1ncnc2c1ncn2C1OC(CO)C(C(OP(=O)(O)O)C2OC(n3ccc(=O)[nH]c3=O)C(O)C2OP(=O)(O)O)C1O. The van der Waals surface area contributed by atoms with Crippen LogP contribution in [0, 0.1) is 5.92 Å². The molecule has 24 heteroatoms. The first-order valence-electron chi connectivity index (χ1n) is 12.1. The number of aromatic nitrogens is 6. The van der Waals surface area contributed by atoms with Gasteiger partial charge in [-0.05, 0) is 0 Å². The van der Waals surface area contributed by atoms with E-state index in [1.807, 2.05) is 4.98 Å². The van der Waals surface area contributed by atoms with Crippen LogP contribution in [0.25, 0.3) is 11.2 Å². The highest BCUT2D eigenvalue weighted by molar-refractivity contribution is 7.46. The van der Waals surface area contributed by atoms with Gasteiger partial charge in [0, 0.05) is 18.2 Å². The van der Waals surface area contributed by atoms with Crippen molar-refractivity contribution in [2.24, 2.45) is 5.92 Å². The minimum atomic E-state index is -5.55. The molecule has 0 bridgehead atoms. The van der Waals surface area contributed by atoms with Gasteiger partial charge < -0.3 is 50.1 Å². The summed E-state index contributed by atoms with van der Waals surface area (Å²) in [5.74, 6) is -1.70. The molecule has 3 aromatic rings. The van der Waals surface area contributed by atoms with Crippen molar-refractivity contribution in [3.8, 4) is 0 Å². The number of anilines is 1. The average Bonchev–Trinajstić information content (AvgIpc) is 3.56. The number of aromatic amines is 1. The van der Waals surface area contributed by atoms with Gasteiger partial charge in [0.05, 0.1) is 19.0 Å². The maximum Gasteiger partial charge on any atom is 0.470 e. The molecule has 3 aromatic heterocycles. The third-order valence-electron chi connectivity index (χ3n) is 6.87. The lowest BCUT2D eigenvalue weighted by atomic mass is 9.87. The second-order valence-corrected chi connectivity index (χ2v) is 11.9. The van der Waals surface area contributed by atoms with Crippen molar-refractivity contribution in [2.45, 2.75) is 49.1 Å². The maximum absolute atomic E-state index is 12.4. The number of nitrogens with zero attached hydrogens (tertiary/aromatic N) is 5. The Morgan fingerprint density at radius 3 is 2.35 bits per heavy atom. The first kappa shape index (κ1) is 31.5. The highest BCUT2D eigenvalue weighted by Crippen LogP contribution is 2.51. The number of imidazole rings is 1. The summed E-state index contributed by atoms with van der Waals surface area (Å²) in [6, 6.07) is 0.861. The minimum Gasteiger partial charge on any atom is -0.394 e. The predicted octanol–water partition coefficient (Wildman–Crippen LogP) is -3.96. The second-order valence-electron chi connectivity index (χ2n) is 9.52. The van der Waals surface area contributed by atoms with Crippen molar-refractivity contribution in [3.05, 3.63) is 45.8 Å². The smallest absolute Gasteiger partial charge is 0.394 e. The number of phosphoric ester groups is 2. The van der Waals surface area contributed by atoms with E-state index in [-0.39, 0.29) is 17.0 Å². The van der Waals surface area contributed by atoms with Gasteiger partial charge in [0.15, 0.2) is 23.9 Å². The van der Waals surface area contributed by atoms with Crippen LogP contribution in [0.4, 0.5) is 5.82 Å². The van der Waals surface area contributed by atoms with Crippen molar-refractivity contribution in [1.82, 2.24) is 29.1 Å². The molecule has 0 aliphatic carbocycles. The number of fused-ring (bicyclic) bond motifs is 1. The zero-order valence-electron chi connectivity index (χ0n) is 21.3. The summed E-state index contributed by atoms with van der Waals surface area (Å²) < 4.78 is 46.9. The summed E-state index contributed by atoms with van der Waals surface area (Å²) in [6.07, 6.45) is -12.1. The monoisotopic (exact) mass is 653 g/mol. The number of nitrogens with one attached hydrogen (secondary N) is 1. The number of ether oxygens (including phenoxy) is 2. The number of hydrogen-bond acceptors (Lipinski definition) is 15. The second kappa shape index (κ2) is 11.5. The summed E-state index contributed by atoms with van der Waals surface area (Å²) in [5.41, 5.74) is 4.01. The Kier molecular flexibility index (Phi) is 8.43. The molecule has 2 aliphatic heterocycles. The van der Waals surface area contributed by atoms with E-state index in [0.29, 0.717) is 4.57 Å². The number of phosphoric acid groups is 2. The molecule has 236 valence electrons. The van der Waals surface area contributed by atoms with Gasteiger partial charge >= 0.3 is 21.3 Å². The Hall–Kier alpha value is -2.95. The van der Waals surface area contributed by atoms with Gasteiger partial charge in [0.25, 0.3) is 5.56 Å². The van der Waals surface area contributed by atoms with Crippen LogP contribution in [-0.4, -0.2) is 107 Å². The number of nitrogens with two attached hydrogens (primary N) is 1. The lowest BCUT2D eigenvalue weighted by molar-refractivity contribution is -0.118. The highest BCUT2D eigenvalue weighted by Gasteiger charge is 2.59. The minimum absolute atomic E-state index is 0.0245. The van der Waals surface area contributed by atoms with Gasteiger partial charge in [-0.1, -0.05) is 0 Å². The summed E-state index contributed by atoms with van der Waals surface area (Å²) in [4.78, 5) is 76.4. The van der Waals surface area contributed by atoms with Crippen LogP contribution < -0.4 is 17.0 Å². The van der Waals surface area contributed by atoms with Gasteiger partial charge in [0.2, 0.25) is 0 Å². The number of H-pyrrole nitrogens is 1. The quantitative estimate of drug-likeness (QED) is 0.0994. The van der Waals surface area contributed by atoms with Gasteiger partial charge in [-0.2, -0.15) is 0 Å². The van der Waals surface area contributed by atoms with E-state index in [1.54, 1.807) is 0 Å². The number of aliphatic hydroxyl groups excluding tert-OH is 3. The molecule has 2 fully saturated rings. The molecule has 10 N–H and O–H groups in total. The number of nitrogen functional groups attached to an aromatic ring is 1. The molecule has 0 saturated carbocycles. The molecule has 0 spiro atoms.